The van der Waals surface area contributed by atoms with Crippen LogP contribution in [0.15, 0.2) is 0 Å². The molecule has 0 saturated heterocycles. The molecular formula is C11H13F8NO3. The Labute approximate surface area is 124 Å². The molecule has 12 heteroatoms. The van der Waals surface area contributed by atoms with Crippen LogP contribution in [0.3, 0.4) is 0 Å². The Morgan fingerprint density at radius 2 is 1.57 bits per heavy atom. The lowest BCUT2D eigenvalue weighted by Crippen LogP contribution is -2.64. The third kappa shape index (κ3) is 4.22. The lowest BCUT2D eigenvalue weighted by atomic mass is 10.0. The first kappa shape index (κ1) is 21.4. The molecule has 1 unspecified atom stereocenters. The maximum absolute atomic E-state index is 13.2. The molecule has 0 aliphatic carbocycles. The minimum absolute atomic E-state index is 0.0897. The van der Waals surface area contributed by atoms with Gasteiger partial charge in [-0.25, -0.2) is 13.6 Å². The van der Waals surface area contributed by atoms with Crippen molar-refractivity contribution in [2.24, 2.45) is 0 Å². The molecule has 2 N–H and O–H groups in total. The van der Waals surface area contributed by atoms with Crippen LogP contribution in [0, 0.1) is 0 Å². The smallest absolute Gasteiger partial charge is 0.392 e. The van der Waals surface area contributed by atoms with Crippen molar-refractivity contribution in [1.29, 1.82) is 0 Å². The number of carboxylic acids is 1. The summed E-state index contributed by atoms with van der Waals surface area (Å²) >= 11 is 0. The fraction of sp³-hybridized carbons (Fsp3) is 0.818. The van der Waals surface area contributed by atoms with E-state index in [-0.39, 0.29) is 6.42 Å². The summed E-state index contributed by atoms with van der Waals surface area (Å²) in [6, 6.07) is -2.05. The first-order valence-corrected chi connectivity index (χ1v) is 6.18. The Kier molecular flexibility index (Phi) is 6.79. The summed E-state index contributed by atoms with van der Waals surface area (Å²) in [5, 5.41) is 9.61. The molecule has 0 rings (SSSR count). The molecule has 23 heavy (non-hydrogen) atoms. The van der Waals surface area contributed by atoms with Gasteiger partial charge in [0.05, 0.1) is 0 Å². The zero-order valence-electron chi connectivity index (χ0n) is 11.6. The first-order chi connectivity index (χ1) is 10.2. The van der Waals surface area contributed by atoms with Crippen LogP contribution in [0.25, 0.3) is 0 Å². The Morgan fingerprint density at radius 3 is 1.91 bits per heavy atom. The van der Waals surface area contributed by atoms with Crippen molar-refractivity contribution < 1.29 is 49.8 Å². The molecule has 1 atom stereocenters. The Bertz CT molecular complexity index is 441. The average molecular weight is 359 g/mol. The van der Waals surface area contributed by atoms with Crippen LogP contribution in [-0.4, -0.2) is 47.2 Å². The van der Waals surface area contributed by atoms with E-state index in [1.807, 2.05) is 0 Å². The summed E-state index contributed by atoms with van der Waals surface area (Å²) in [7, 11) is 0. The van der Waals surface area contributed by atoms with Gasteiger partial charge in [-0.05, 0) is 6.42 Å². The summed E-state index contributed by atoms with van der Waals surface area (Å²) in [5.41, 5.74) is 0. The second kappa shape index (κ2) is 7.30. The van der Waals surface area contributed by atoms with Gasteiger partial charge >= 0.3 is 30.2 Å². The second-order valence-corrected chi connectivity index (χ2v) is 4.58. The summed E-state index contributed by atoms with van der Waals surface area (Å²) in [4.78, 5) is 21.8. The Morgan fingerprint density at radius 1 is 1.09 bits per heavy atom. The molecule has 0 fully saturated rings. The number of carbonyl (C=O) groups is 2. The molecule has 0 spiro atoms. The number of unbranched alkanes of at least 4 members (excludes halogenated alkanes) is 1. The van der Waals surface area contributed by atoms with Gasteiger partial charge in [0.2, 0.25) is 0 Å². The van der Waals surface area contributed by atoms with Crippen molar-refractivity contribution in [3.8, 4) is 0 Å². The highest BCUT2D eigenvalue weighted by atomic mass is 19.4. The number of amides is 1. The summed E-state index contributed by atoms with van der Waals surface area (Å²) in [6.45, 7) is 1.56. The number of carbonyl (C=O) groups excluding carboxylic acids is 1. The predicted octanol–water partition coefficient (Wildman–Crippen LogP) is 2.92. The number of hydrogen-bond acceptors (Lipinski definition) is 2. The topological polar surface area (TPSA) is 66.4 Å². The van der Waals surface area contributed by atoms with Gasteiger partial charge < -0.3 is 10.4 Å². The molecule has 0 aliphatic heterocycles. The van der Waals surface area contributed by atoms with Crippen LogP contribution in [0.5, 0.6) is 0 Å². The van der Waals surface area contributed by atoms with E-state index in [1.54, 1.807) is 6.92 Å². The number of nitrogens with one attached hydrogen (secondary N) is 1. The maximum atomic E-state index is 13.2. The van der Waals surface area contributed by atoms with Crippen LogP contribution in [0.1, 0.15) is 26.2 Å². The van der Waals surface area contributed by atoms with E-state index < -0.39 is 48.5 Å². The minimum Gasteiger partial charge on any atom is -0.480 e. The standard InChI is InChI=1S/C11H13F8NO3/c1-2-3-4-5(6(21)22)20-8(23)10(16,17)11(18,19)9(14,15)7(12)13/h5,7H,2-4H2,1H3,(H,20,23)(H,21,22). The number of hydrogen-bond donors (Lipinski definition) is 2. The van der Waals surface area contributed by atoms with Crippen molar-refractivity contribution in [2.45, 2.75) is 56.4 Å². The van der Waals surface area contributed by atoms with E-state index in [0.717, 1.165) is 5.32 Å². The third-order valence-electron chi connectivity index (χ3n) is 2.82. The molecule has 0 aliphatic rings. The molecule has 0 aromatic carbocycles. The van der Waals surface area contributed by atoms with Crippen LogP contribution in [0.2, 0.25) is 0 Å². The Balaban J connectivity index is 5.40. The second-order valence-electron chi connectivity index (χ2n) is 4.58. The number of alkyl halides is 8. The highest BCUT2D eigenvalue weighted by Gasteiger charge is 2.78. The fourth-order valence-corrected chi connectivity index (χ4v) is 1.40. The highest BCUT2D eigenvalue weighted by molar-refractivity contribution is 5.89. The van der Waals surface area contributed by atoms with Gasteiger partial charge in [-0.3, -0.25) is 4.79 Å². The summed E-state index contributed by atoms with van der Waals surface area (Å²) in [5.74, 6) is -24.4. The van der Waals surface area contributed by atoms with Crippen molar-refractivity contribution in [2.75, 3.05) is 0 Å². The van der Waals surface area contributed by atoms with E-state index in [4.69, 9.17) is 5.11 Å². The van der Waals surface area contributed by atoms with E-state index in [2.05, 4.69) is 0 Å². The minimum atomic E-state index is -6.72. The molecule has 0 saturated carbocycles. The normalized spacial score (nSPS) is 14.7. The maximum Gasteiger partial charge on any atom is 0.392 e. The lowest BCUT2D eigenvalue weighted by Gasteiger charge is -2.31. The van der Waals surface area contributed by atoms with Gasteiger partial charge in [0.15, 0.2) is 0 Å². The third-order valence-corrected chi connectivity index (χ3v) is 2.82. The van der Waals surface area contributed by atoms with Gasteiger partial charge in [-0.2, -0.15) is 26.3 Å². The van der Waals surface area contributed by atoms with E-state index in [9.17, 15) is 44.7 Å². The zero-order chi connectivity index (χ0) is 18.6. The van der Waals surface area contributed by atoms with Gasteiger partial charge in [-0.1, -0.05) is 19.8 Å². The molecule has 0 bridgehead atoms. The van der Waals surface area contributed by atoms with Crippen molar-refractivity contribution in [3.63, 3.8) is 0 Å². The van der Waals surface area contributed by atoms with Crippen molar-refractivity contribution in [3.05, 3.63) is 0 Å². The van der Waals surface area contributed by atoms with Crippen molar-refractivity contribution >= 4 is 11.9 Å². The number of aliphatic carboxylic acids is 1. The number of halogens is 8. The molecule has 1 amide bonds. The van der Waals surface area contributed by atoms with Crippen LogP contribution in [0.4, 0.5) is 35.1 Å². The van der Waals surface area contributed by atoms with Gasteiger partial charge in [0.25, 0.3) is 5.91 Å². The highest BCUT2D eigenvalue weighted by Crippen LogP contribution is 2.48. The zero-order valence-corrected chi connectivity index (χ0v) is 11.6. The number of carboxylic acid groups (broad SMARTS) is 1. The quantitative estimate of drug-likeness (QED) is 0.622. The van der Waals surface area contributed by atoms with Crippen LogP contribution in [-0.2, 0) is 9.59 Å². The fourth-order valence-electron chi connectivity index (χ4n) is 1.40. The van der Waals surface area contributed by atoms with Crippen LogP contribution < -0.4 is 5.32 Å². The SMILES string of the molecule is CCCCC(NC(=O)C(F)(F)C(F)(F)C(F)(F)C(F)F)C(=O)O. The molecular weight excluding hydrogens is 346 g/mol. The van der Waals surface area contributed by atoms with E-state index in [1.165, 1.54) is 0 Å². The molecule has 0 radical (unpaired) electrons. The first-order valence-electron chi connectivity index (χ1n) is 6.18. The molecule has 0 aromatic heterocycles. The lowest BCUT2D eigenvalue weighted by molar-refractivity contribution is -0.327. The molecule has 136 valence electrons. The van der Waals surface area contributed by atoms with Gasteiger partial charge in [0, 0.05) is 0 Å². The van der Waals surface area contributed by atoms with Gasteiger partial charge in [-0.15, -0.1) is 0 Å². The molecule has 0 aromatic rings. The van der Waals surface area contributed by atoms with Crippen molar-refractivity contribution in [1.82, 2.24) is 5.32 Å². The number of rotatable bonds is 9. The largest absolute Gasteiger partial charge is 0.480 e. The Hall–Kier alpha value is -1.62. The van der Waals surface area contributed by atoms with Gasteiger partial charge in [0.1, 0.15) is 6.04 Å². The van der Waals surface area contributed by atoms with E-state index >= 15 is 0 Å². The molecule has 0 heterocycles. The molecule has 4 nitrogen and oxygen atoms in total. The van der Waals surface area contributed by atoms with Crippen LogP contribution >= 0.6 is 0 Å². The monoisotopic (exact) mass is 359 g/mol. The van der Waals surface area contributed by atoms with E-state index in [0.29, 0.717) is 6.42 Å². The average Bonchev–Trinajstić information content (AvgIpc) is 2.41. The predicted molar refractivity (Wildman–Crippen MR) is 59.9 cm³/mol. The summed E-state index contributed by atoms with van der Waals surface area (Å²) in [6.07, 6.45) is -5.15. The summed E-state index contributed by atoms with van der Waals surface area (Å²) < 4.78 is 101.